The molecule has 0 heteroatoms. The fourth-order valence-electron chi connectivity index (χ4n) is 20.6. The third kappa shape index (κ3) is 0.973. The Labute approximate surface area is 198 Å². The van der Waals surface area contributed by atoms with Gasteiger partial charge in [0.15, 0.2) is 0 Å². The van der Waals surface area contributed by atoms with Crippen LogP contribution in [0.1, 0.15) is 64.2 Å². The smallest absolute Gasteiger partial charge is 0.0167 e. The fourth-order valence-corrected chi connectivity index (χ4v) is 20.6. The summed E-state index contributed by atoms with van der Waals surface area (Å²) in [4.78, 5) is 0. The summed E-state index contributed by atoms with van der Waals surface area (Å²) in [7, 11) is 0. The summed E-state index contributed by atoms with van der Waals surface area (Å²) in [6, 6.07) is 0. The summed E-state index contributed by atoms with van der Waals surface area (Å²) >= 11 is 0. The van der Waals surface area contributed by atoms with Gasteiger partial charge in [-0.25, -0.2) is 0 Å². The second kappa shape index (κ2) is 3.97. The zero-order chi connectivity index (χ0) is 20.1. The van der Waals surface area contributed by atoms with Crippen LogP contribution in [0.2, 0.25) is 0 Å². The molecule has 0 amide bonds. The molecule has 14 saturated carbocycles. The van der Waals surface area contributed by atoms with Crippen molar-refractivity contribution in [2.45, 2.75) is 64.2 Å². The van der Waals surface area contributed by atoms with E-state index in [0.29, 0.717) is 0 Å². The minimum atomic E-state index is 0.967. The monoisotopic (exact) mass is 436 g/mol. The van der Waals surface area contributed by atoms with Gasteiger partial charge in [-0.3, -0.25) is 0 Å². The molecule has 3 spiro atoms. The Morgan fingerprint density at radius 2 is 1.06 bits per heavy atom. The molecule has 14 rings (SSSR count). The molecular formula is C33H40. The molecule has 0 saturated heterocycles. The average Bonchev–Trinajstić information content (AvgIpc) is 2.73. The van der Waals surface area contributed by atoms with Gasteiger partial charge >= 0.3 is 0 Å². The normalized spacial score (nSPS) is 90.2. The molecule has 0 radical (unpaired) electrons. The summed E-state index contributed by atoms with van der Waals surface area (Å²) in [5, 5.41) is 0. The van der Waals surface area contributed by atoms with Crippen molar-refractivity contribution in [1.29, 1.82) is 0 Å². The standard InChI is InChI=1S/C33H40/c1-2-12-5-4-11-8-16-24(11)32(12)25(16)21-19-22-26-20-18-17-10-15-9-14-7-6-13(3-1)33(26,28(22)23(19)27(21)32)30(20)29(18)31(14,15)17/h11-30H,1-10H2/t11?,12?,13?,14?,15?,16?,17?,18?,19?,20?,21?,22?,23-,24?,25?,26?,27?,28?,29?,30?,31?,32?,33?/m1/s1. The Kier molecular flexibility index (Phi) is 1.92. The lowest BCUT2D eigenvalue weighted by atomic mass is 8.99. The molecule has 0 aromatic carbocycles. The van der Waals surface area contributed by atoms with Gasteiger partial charge in [0, 0.05) is 0 Å². The second-order valence-corrected chi connectivity index (χ2v) is 17.8. The zero-order valence-corrected chi connectivity index (χ0v) is 20.1. The Bertz CT molecular complexity index is 1110. The first-order valence-corrected chi connectivity index (χ1v) is 16.4. The topological polar surface area (TPSA) is 0 Å². The van der Waals surface area contributed by atoms with E-state index in [1.54, 1.807) is 64.2 Å². The van der Waals surface area contributed by atoms with E-state index in [0.717, 1.165) is 16.2 Å². The molecule has 172 valence electrons. The molecule has 0 nitrogen and oxygen atoms in total. The first-order chi connectivity index (χ1) is 16.4. The van der Waals surface area contributed by atoms with Crippen LogP contribution in [-0.2, 0) is 0 Å². The number of hydrogen-bond acceptors (Lipinski definition) is 0. The van der Waals surface area contributed by atoms with Gasteiger partial charge in [0.05, 0.1) is 0 Å². The molecular weight excluding hydrogens is 396 g/mol. The molecule has 23 atom stereocenters. The van der Waals surface area contributed by atoms with E-state index in [1.165, 1.54) is 118 Å². The summed E-state index contributed by atoms with van der Waals surface area (Å²) in [6.45, 7) is 0. The molecule has 14 fully saturated rings. The predicted molar refractivity (Wildman–Crippen MR) is 123 cm³/mol. The lowest BCUT2D eigenvalue weighted by Crippen LogP contribution is -3.02. The van der Waals surface area contributed by atoms with Crippen molar-refractivity contribution in [3.05, 3.63) is 0 Å². The maximum absolute atomic E-state index is 1.71. The minimum Gasteiger partial charge on any atom is -0.0527 e. The van der Waals surface area contributed by atoms with Gasteiger partial charge in [-0.05, 0) is 192 Å². The largest absolute Gasteiger partial charge is 0.0527 e. The Morgan fingerprint density at radius 3 is 1.88 bits per heavy atom. The molecule has 14 aliphatic rings. The van der Waals surface area contributed by atoms with Crippen LogP contribution in [0.3, 0.4) is 0 Å². The predicted octanol–water partition coefficient (Wildman–Crippen LogP) is 6.36. The van der Waals surface area contributed by atoms with Gasteiger partial charge in [-0.1, -0.05) is 6.42 Å². The van der Waals surface area contributed by atoms with Crippen molar-refractivity contribution in [3.8, 4) is 0 Å². The molecule has 22 unspecified atom stereocenters. The van der Waals surface area contributed by atoms with Gasteiger partial charge in [-0.15, -0.1) is 0 Å². The maximum atomic E-state index is 1.71. The van der Waals surface area contributed by atoms with Crippen molar-refractivity contribution >= 4 is 0 Å². The van der Waals surface area contributed by atoms with Crippen LogP contribution in [0.25, 0.3) is 0 Å². The number of fused-ring (bicyclic) bond motifs is 8. The van der Waals surface area contributed by atoms with E-state index in [-0.39, 0.29) is 0 Å². The van der Waals surface area contributed by atoms with E-state index < -0.39 is 0 Å². The third-order valence-corrected chi connectivity index (χ3v) is 19.8. The maximum Gasteiger partial charge on any atom is -0.0167 e. The van der Waals surface area contributed by atoms with E-state index >= 15 is 0 Å². The molecule has 0 aromatic heterocycles. The summed E-state index contributed by atoms with van der Waals surface area (Å²) in [5.74, 6) is 25.6. The van der Waals surface area contributed by atoms with E-state index in [1.807, 2.05) is 0 Å². The van der Waals surface area contributed by atoms with Gasteiger partial charge in [0.25, 0.3) is 0 Å². The molecule has 14 aliphatic carbocycles. The van der Waals surface area contributed by atoms with Crippen LogP contribution in [-0.4, -0.2) is 0 Å². The quantitative estimate of drug-likeness (QED) is 0.414. The highest BCUT2D eigenvalue weighted by molar-refractivity contribution is 5.48. The summed E-state index contributed by atoms with van der Waals surface area (Å²) in [5.41, 5.74) is 2.94. The Morgan fingerprint density at radius 1 is 0.394 bits per heavy atom. The summed E-state index contributed by atoms with van der Waals surface area (Å²) < 4.78 is 0. The highest BCUT2D eigenvalue weighted by Crippen LogP contribution is 3.05. The Hall–Kier alpha value is 0. The van der Waals surface area contributed by atoms with Crippen molar-refractivity contribution in [2.24, 2.45) is 135 Å². The van der Waals surface area contributed by atoms with Crippen molar-refractivity contribution in [3.63, 3.8) is 0 Å². The van der Waals surface area contributed by atoms with Crippen LogP contribution < -0.4 is 0 Å². The Balaban J connectivity index is 0.958. The van der Waals surface area contributed by atoms with Crippen molar-refractivity contribution < 1.29 is 0 Å². The van der Waals surface area contributed by atoms with Crippen LogP contribution in [0.5, 0.6) is 0 Å². The first-order valence-electron chi connectivity index (χ1n) is 16.4. The fraction of sp³-hybridized carbons (Fsp3) is 1.00. The molecule has 33 heavy (non-hydrogen) atoms. The highest BCUT2D eigenvalue weighted by atomic mass is 15.1. The van der Waals surface area contributed by atoms with Gasteiger partial charge < -0.3 is 0 Å². The highest BCUT2D eigenvalue weighted by Gasteiger charge is 3.02. The van der Waals surface area contributed by atoms with Gasteiger partial charge in [0.1, 0.15) is 0 Å². The first kappa shape index (κ1) is 16.0. The third-order valence-electron chi connectivity index (χ3n) is 19.8. The van der Waals surface area contributed by atoms with Gasteiger partial charge in [-0.2, -0.15) is 0 Å². The van der Waals surface area contributed by atoms with E-state index in [9.17, 15) is 0 Å². The van der Waals surface area contributed by atoms with Crippen LogP contribution in [0.15, 0.2) is 0 Å². The van der Waals surface area contributed by atoms with Gasteiger partial charge in [0.2, 0.25) is 0 Å². The zero-order valence-electron chi connectivity index (χ0n) is 20.1. The molecule has 0 heterocycles. The minimum absolute atomic E-state index is 0.967. The van der Waals surface area contributed by atoms with Crippen molar-refractivity contribution in [1.82, 2.24) is 0 Å². The number of rotatable bonds is 0. The van der Waals surface area contributed by atoms with E-state index in [2.05, 4.69) is 0 Å². The lowest BCUT2D eigenvalue weighted by Gasteiger charge is -3.05. The van der Waals surface area contributed by atoms with Crippen LogP contribution in [0, 0.1) is 135 Å². The SMILES string of the molecule is C1CC2CCC3CC4C3C23C4C2C4C5C6C7C8C9CC%10CC%11CCC(C1)C6(C7C8C%11%109)C5[C@H]4C23. The van der Waals surface area contributed by atoms with E-state index in [4.69, 9.17) is 0 Å². The molecule has 0 bridgehead atoms. The van der Waals surface area contributed by atoms with Crippen LogP contribution >= 0.6 is 0 Å². The lowest BCUT2D eigenvalue weighted by molar-refractivity contribution is -0.585. The molecule has 0 aliphatic heterocycles. The molecule has 0 aromatic rings. The van der Waals surface area contributed by atoms with Crippen molar-refractivity contribution in [2.75, 3.05) is 0 Å². The van der Waals surface area contributed by atoms with Crippen LogP contribution in [0.4, 0.5) is 0 Å². The summed E-state index contributed by atoms with van der Waals surface area (Å²) in [6.07, 6.45) is 16.9. The number of hydrogen-bond donors (Lipinski definition) is 0. The second-order valence-electron chi connectivity index (χ2n) is 17.8. The average molecular weight is 437 g/mol. The molecule has 0 N–H and O–H groups in total.